The van der Waals surface area contributed by atoms with Gasteiger partial charge in [0.25, 0.3) is 0 Å². The fraction of sp³-hybridized carbons (Fsp3) is 0.0769. The molecule has 0 aliphatic heterocycles. The molecule has 2 heterocycles. The molecule has 7 nitrogen and oxygen atoms in total. The average Bonchev–Trinajstić information content (AvgIpc) is 3.26. The Morgan fingerprint density at radius 2 is 1.48 bits per heavy atom. The molecule has 3 N–H and O–H groups in total. The summed E-state index contributed by atoms with van der Waals surface area (Å²) in [5.74, 6) is 3.21. The highest BCUT2D eigenvalue weighted by Gasteiger charge is 2.17. The monoisotopic (exact) mass is 438 g/mol. The van der Waals surface area contributed by atoms with Crippen LogP contribution in [0.15, 0.2) is 79.0 Å². The van der Waals surface area contributed by atoms with Crippen molar-refractivity contribution in [2.24, 2.45) is 0 Å². The number of rotatable bonds is 6. The number of ether oxygens (including phenoxy) is 3. The number of aromatic nitrogens is 3. The number of anilines is 1. The van der Waals surface area contributed by atoms with Crippen molar-refractivity contribution in [3.05, 3.63) is 79.0 Å². The summed E-state index contributed by atoms with van der Waals surface area (Å²) in [5, 5.41) is 8.10. The van der Waals surface area contributed by atoms with Gasteiger partial charge in [0.2, 0.25) is 0 Å². The molecule has 7 heteroatoms. The normalized spacial score (nSPS) is 10.8. The molecule has 0 saturated carbocycles. The number of H-pyrrole nitrogens is 1. The van der Waals surface area contributed by atoms with Crippen molar-refractivity contribution in [1.29, 1.82) is 0 Å². The van der Waals surface area contributed by atoms with Crippen molar-refractivity contribution in [2.75, 3.05) is 20.0 Å². The van der Waals surface area contributed by atoms with Crippen LogP contribution in [-0.2, 0) is 0 Å². The van der Waals surface area contributed by atoms with Crippen LogP contribution in [0.5, 0.6) is 23.0 Å². The quantitative estimate of drug-likeness (QED) is 0.354. The zero-order valence-corrected chi connectivity index (χ0v) is 18.2. The molecule has 5 aromatic rings. The number of nitrogen functional groups attached to an aromatic ring is 1. The zero-order chi connectivity index (χ0) is 22.8. The van der Waals surface area contributed by atoms with E-state index in [1.54, 1.807) is 14.2 Å². The number of pyridine rings is 1. The molecule has 164 valence electrons. The van der Waals surface area contributed by atoms with E-state index in [1.165, 1.54) is 0 Å². The number of methoxy groups -OCH3 is 2. The number of para-hydroxylation sites is 1. The van der Waals surface area contributed by atoms with Gasteiger partial charge >= 0.3 is 0 Å². The minimum Gasteiger partial charge on any atom is -0.493 e. The molecule has 0 bridgehead atoms. The Morgan fingerprint density at radius 3 is 2.21 bits per heavy atom. The minimum atomic E-state index is 0.411. The van der Waals surface area contributed by atoms with E-state index in [0.29, 0.717) is 17.3 Å². The van der Waals surface area contributed by atoms with Crippen LogP contribution in [0.1, 0.15) is 0 Å². The van der Waals surface area contributed by atoms with E-state index < -0.39 is 0 Å². The van der Waals surface area contributed by atoms with Gasteiger partial charge in [-0.25, -0.2) is 0 Å². The van der Waals surface area contributed by atoms with E-state index in [1.807, 2.05) is 79.0 Å². The number of nitrogens with one attached hydrogen (secondary N) is 1. The summed E-state index contributed by atoms with van der Waals surface area (Å²) in [7, 11) is 3.21. The van der Waals surface area contributed by atoms with Crippen molar-refractivity contribution in [3.63, 3.8) is 0 Å². The second-order valence-electron chi connectivity index (χ2n) is 7.39. The molecule has 0 unspecified atom stereocenters. The molecule has 0 spiro atoms. The van der Waals surface area contributed by atoms with E-state index in [4.69, 9.17) is 24.9 Å². The molecular weight excluding hydrogens is 416 g/mol. The Balaban J connectivity index is 1.54. The molecule has 0 saturated heterocycles. The lowest BCUT2D eigenvalue weighted by Crippen LogP contribution is -1.94. The summed E-state index contributed by atoms with van der Waals surface area (Å²) < 4.78 is 16.7. The van der Waals surface area contributed by atoms with E-state index in [2.05, 4.69) is 10.2 Å². The first-order valence-electron chi connectivity index (χ1n) is 10.4. The van der Waals surface area contributed by atoms with Gasteiger partial charge < -0.3 is 19.9 Å². The first-order chi connectivity index (χ1) is 16.2. The van der Waals surface area contributed by atoms with E-state index in [-0.39, 0.29) is 0 Å². The highest BCUT2D eigenvalue weighted by atomic mass is 16.5. The van der Waals surface area contributed by atoms with Gasteiger partial charge in [-0.15, -0.1) is 0 Å². The lowest BCUT2D eigenvalue weighted by atomic mass is 10.0. The van der Waals surface area contributed by atoms with Gasteiger partial charge in [0.15, 0.2) is 17.3 Å². The van der Waals surface area contributed by atoms with Crippen LogP contribution >= 0.6 is 0 Å². The van der Waals surface area contributed by atoms with E-state index >= 15 is 0 Å². The van der Waals surface area contributed by atoms with Crippen LogP contribution < -0.4 is 19.9 Å². The maximum atomic E-state index is 6.26. The first-order valence-corrected chi connectivity index (χ1v) is 10.4. The van der Waals surface area contributed by atoms with Crippen LogP contribution in [0, 0.1) is 0 Å². The van der Waals surface area contributed by atoms with Crippen LogP contribution in [-0.4, -0.2) is 29.4 Å². The molecule has 0 aliphatic rings. The Hall–Kier alpha value is -4.52. The number of nitrogens with zero attached hydrogens (tertiary/aromatic N) is 2. The summed E-state index contributed by atoms with van der Waals surface area (Å²) >= 11 is 0. The van der Waals surface area contributed by atoms with Gasteiger partial charge in [0.05, 0.1) is 30.8 Å². The average molecular weight is 438 g/mol. The topological polar surface area (TPSA) is 95.3 Å². The largest absolute Gasteiger partial charge is 0.493 e. The molecule has 33 heavy (non-hydrogen) atoms. The molecule has 0 radical (unpaired) electrons. The molecule has 0 atom stereocenters. The zero-order valence-electron chi connectivity index (χ0n) is 18.2. The van der Waals surface area contributed by atoms with Gasteiger partial charge in [-0.1, -0.05) is 30.3 Å². The van der Waals surface area contributed by atoms with Gasteiger partial charge in [0.1, 0.15) is 11.5 Å². The predicted molar refractivity (Wildman–Crippen MR) is 129 cm³/mol. The molecule has 2 aromatic heterocycles. The van der Waals surface area contributed by atoms with Gasteiger partial charge in [-0.3, -0.25) is 10.1 Å². The maximum Gasteiger partial charge on any atom is 0.161 e. The van der Waals surface area contributed by atoms with Crippen LogP contribution in [0.4, 0.5) is 5.82 Å². The van der Waals surface area contributed by atoms with Gasteiger partial charge in [0, 0.05) is 17.3 Å². The number of fused-ring (bicyclic) bond motifs is 1. The Labute approximate surface area is 190 Å². The second kappa shape index (κ2) is 8.55. The number of hydrogen-bond donors (Lipinski definition) is 2. The van der Waals surface area contributed by atoms with Crippen LogP contribution in [0.3, 0.4) is 0 Å². The predicted octanol–water partition coefficient (Wildman–Crippen LogP) is 5.68. The van der Waals surface area contributed by atoms with Crippen molar-refractivity contribution >= 4 is 16.7 Å². The Morgan fingerprint density at radius 1 is 0.788 bits per heavy atom. The standard InChI is InChI=1S/C26H22N4O3/c1-31-21-13-10-17(14-22(21)32-2)24-25-23(26(27)30-29-25)20(15-28-24)16-8-11-19(12-9-16)33-18-6-4-3-5-7-18/h3-15H,1-2H3,(H3,27,29,30). The summed E-state index contributed by atoms with van der Waals surface area (Å²) in [6.45, 7) is 0. The van der Waals surface area contributed by atoms with Crippen molar-refractivity contribution in [3.8, 4) is 45.4 Å². The lowest BCUT2D eigenvalue weighted by Gasteiger charge is -2.11. The maximum absolute atomic E-state index is 6.26. The lowest BCUT2D eigenvalue weighted by molar-refractivity contribution is 0.355. The minimum absolute atomic E-state index is 0.411. The highest BCUT2D eigenvalue weighted by molar-refractivity contribution is 6.06. The summed E-state index contributed by atoms with van der Waals surface area (Å²) in [5.41, 5.74) is 10.4. The van der Waals surface area contributed by atoms with E-state index in [0.717, 1.165) is 44.8 Å². The summed E-state index contributed by atoms with van der Waals surface area (Å²) in [6.07, 6.45) is 1.81. The third kappa shape index (κ3) is 3.80. The molecule has 0 amide bonds. The van der Waals surface area contributed by atoms with Crippen LogP contribution in [0.2, 0.25) is 0 Å². The first kappa shape index (κ1) is 20.4. The third-order valence-electron chi connectivity index (χ3n) is 5.42. The molecule has 5 rings (SSSR count). The van der Waals surface area contributed by atoms with Crippen molar-refractivity contribution in [2.45, 2.75) is 0 Å². The molecule has 3 aromatic carbocycles. The summed E-state index contributed by atoms with van der Waals surface area (Å²) in [4.78, 5) is 4.73. The molecular formula is C26H22N4O3. The van der Waals surface area contributed by atoms with E-state index in [9.17, 15) is 0 Å². The van der Waals surface area contributed by atoms with Crippen molar-refractivity contribution in [1.82, 2.24) is 15.2 Å². The molecule has 0 fully saturated rings. The number of benzene rings is 3. The Kier molecular flexibility index (Phi) is 5.28. The Bertz CT molecular complexity index is 1410. The highest BCUT2D eigenvalue weighted by Crippen LogP contribution is 2.38. The molecule has 0 aliphatic carbocycles. The fourth-order valence-electron chi connectivity index (χ4n) is 3.81. The van der Waals surface area contributed by atoms with Gasteiger partial charge in [-0.05, 0) is 48.0 Å². The van der Waals surface area contributed by atoms with Crippen LogP contribution in [0.25, 0.3) is 33.3 Å². The SMILES string of the molecule is COc1ccc(-c2ncc(-c3ccc(Oc4ccccc4)cc3)c3c(N)n[nH]c23)cc1OC. The smallest absolute Gasteiger partial charge is 0.161 e. The number of aromatic amines is 1. The third-order valence-corrected chi connectivity index (χ3v) is 5.42. The number of nitrogens with two attached hydrogens (primary N) is 1. The second-order valence-corrected chi connectivity index (χ2v) is 7.39. The number of hydrogen-bond acceptors (Lipinski definition) is 6. The van der Waals surface area contributed by atoms with Gasteiger partial charge in [-0.2, -0.15) is 5.10 Å². The summed E-state index contributed by atoms with van der Waals surface area (Å²) in [6, 6.07) is 23.1. The fourth-order valence-corrected chi connectivity index (χ4v) is 3.81. The van der Waals surface area contributed by atoms with Crippen molar-refractivity contribution < 1.29 is 14.2 Å².